The van der Waals surface area contributed by atoms with Gasteiger partial charge in [-0.05, 0) is 48.7 Å². The van der Waals surface area contributed by atoms with Crippen LogP contribution in [0.3, 0.4) is 0 Å². The lowest BCUT2D eigenvalue weighted by Gasteiger charge is -2.13. The third-order valence-corrected chi connectivity index (χ3v) is 5.53. The molecule has 0 saturated carbocycles. The van der Waals surface area contributed by atoms with E-state index in [0.29, 0.717) is 35.4 Å². The first-order chi connectivity index (χ1) is 16.0. The fourth-order valence-corrected chi connectivity index (χ4v) is 3.52. The van der Waals surface area contributed by atoms with E-state index in [1.54, 1.807) is 18.2 Å². The van der Waals surface area contributed by atoms with E-state index in [9.17, 15) is 10.1 Å². The summed E-state index contributed by atoms with van der Waals surface area (Å²) in [6.07, 6.45) is 2.20. The van der Waals surface area contributed by atoms with Crippen LogP contribution in [-0.4, -0.2) is 36.4 Å². The molecule has 1 heterocycles. The number of para-hydroxylation sites is 1. The predicted octanol–water partition coefficient (Wildman–Crippen LogP) is 4.42. The van der Waals surface area contributed by atoms with Crippen molar-refractivity contribution in [2.45, 2.75) is 20.3 Å². The van der Waals surface area contributed by atoms with Gasteiger partial charge in [0.05, 0.1) is 7.11 Å². The standard InChI is InChI=1S/C24H24N4O4S/c1-4-22-27-28-24(33-22)26-23(29)18(15-25)13-17-9-10-20(21(14-17)30-3)32-12-11-31-19-8-6-5-7-16(19)2/h5-10,13-14H,4,11-12H2,1-3H3,(H,26,28,29)/b18-13-. The Bertz CT molecular complexity index is 1180. The molecule has 1 amide bonds. The Kier molecular flexibility index (Phi) is 8.38. The molecule has 0 bridgehead atoms. The van der Waals surface area contributed by atoms with E-state index < -0.39 is 5.91 Å². The molecule has 9 heteroatoms. The molecule has 1 aromatic heterocycles. The maximum Gasteiger partial charge on any atom is 0.268 e. The Hall–Kier alpha value is -3.90. The molecular formula is C24H24N4O4S. The second-order valence-corrected chi connectivity index (χ2v) is 7.91. The summed E-state index contributed by atoms with van der Waals surface area (Å²) >= 11 is 1.27. The lowest BCUT2D eigenvalue weighted by Crippen LogP contribution is -2.13. The molecule has 33 heavy (non-hydrogen) atoms. The molecule has 0 aliphatic carbocycles. The normalized spacial score (nSPS) is 10.9. The van der Waals surface area contributed by atoms with Gasteiger partial charge in [0.2, 0.25) is 5.13 Å². The first kappa shape index (κ1) is 23.8. The SMILES string of the molecule is CCc1nnc(NC(=O)/C(C#N)=C\c2ccc(OCCOc3ccccc3C)c(OC)c2)s1. The molecule has 0 aliphatic rings. The number of ether oxygens (including phenoxy) is 3. The average molecular weight is 465 g/mol. The Morgan fingerprint density at radius 1 is 1.12 bits per heavy atom. The summed E-state index contributed by atoms with van der Waals surface area (Å²) in [5.74, 6) is 1.28. The zero-order valence-corrected chi connectivity index (χ0v) is 19.4. The minimum Gasteiger partial charge on any atom is -0.493 e. The summed E-state index contributed by atoms with van der Waals surface area (Å²) in [6.45, 7) is 4.63. The van der Waals surface area contributed by atoms with E-state index in [2.05, 4.69) is 15.5 Å². The minimum absolute atomic E-state index is 0.0643. The quantitative estimate of drug-likeness (QED) is 0.269. The molecule has 3 aromatic rings. The van der Waals surface area contributed by atoms with Crippen LogP contribution in [0.1, 0.15) is 23.1 Å². The van der Waals surface area contributed by atoms with Crippen LogP contribution in [0.4, 0.5) is 5.13 Å². The van der Waals surface area contributed by atoms with Gasteiger partial charge in [0.15, 0.2) is 11.5 Å². The third kappa shape index (κ3) is 6.54. The predicted molar refractivity (Wildman–Crippen MR) is 127 cm³/mol. The molecule has 0 saturated heterocycles. The van der Waals surface area contributed by atoms with E-state index in [4.69, 9.17) is 14.2 Å². The van der Waals surface area contributed by atoms with Gasteiger partial charge < -0.3 is 14.2 Å². The summed E-state index contributed by atoms with van der Waals surface area (Å²) < 4.78 is 16.9. The lowest BCUT2D eigenvalue weighted by atomic mass is 10.1. The number of nitrogens with zero attached hydrogens (tertiary/aromatic N) is 3. The number of benzene rings is 2. The molecule has 170 valence electrons. The van der Waals surface area contributed by atoms with Crippen LogP contribution < -0.4 is 19.5 Å². The second kappa shape index (κ2) is 11.6. The summed E-state index contributed by atoms with van der Waals surface area (Å²) in [4.78, 5) is 12.4. The Morgan fingerprint density at radius 2 is 1.88 bits per heavy atom. The fraction of sp³-hybridized carbons (Fsp3) is 0.250. The zero-order valence-electron chi connectivity index (χ0n) is 18.6. The average Bonchev–Trinajstić information content (AvgIpc) is 3.29. The number of amides is 1. The van der Waals surface area contributed by atoms with E-state index in [0.717, 1.165) is 22.7 Å². The summed E-state index contributed by atoms with van der Waals surface area (Å²) in [5.41, 5.74) is 1.61. The number of aryl methyl sites for hydroxylation is 2. The van der Waals surface area contributed by atoms with E-state index >= 15 is 0 Å². The first-order valence-corrected chi connectivity index (χ1v) is 11.1. The van der Waals surface area contributed by atoms with Crippen LogP contribution >= 0.6 is 11.3 Å². The number of methoxy groups -OCH3 is 1. The van der Waals surface area contributed by atoms with Crippen molar-refractivity contribution in [1.82, 2.24) is 10.2 Å². The smallest absolute Gasteiger partial charge is 0.268 e. The van der Waals surface area contributed by atoms with Crippen molar-refractivity contribution in [3.63, 3.8) is 0 Å². The Balaban J connectivity index is 1.63. The van der Waals surface area contributed by atoms with Crippen LogP contribution in [0.5, 0.6) is 17.2 Å². The van der Waals surface area contributed by atoms with Gasteiger partial charge in [0.1, 0.15) is 35.6 Å². The van der Waals surface area contributed by atoms with Crippen LogP contribution in [0, 0.1) is 18.3 Å². The number of carbonyl (C=O) groups excluding carboxylic acids is 1. The van der Waals surface area contributed by atoms with Crippen molar-refractivity contribution in [3.05, 3.63) is 64.2 Å². The van der Waals surface area contributed by atoms with E-state index in [1.165, 1.54) is 24.5 Å². The van der Waals surface area contributed by atoms with Crippen LogP contribution in [0.25, 0.3) is 6.08 Å². The molecule has 0 spiro atoms. The number of nitrogens with one attached hydrogen (secondary N) is 1. The van der Waals surface area contributed by atoms with Crippen molar-refractivity contribution in [1.29, 1.82) is 5.26 Å². The maximum atomic E-state index is 12.4. The van der Waals surface area contributed by atoms with Gasteiger partial charge in [-0.3, -0.25) is 10.1 Å². The number of hydrogen-bond donors (Lipinski definition) is 1. The van der Waals surface area contributed by atoms with Crippen molar-refractivity contribution in [3.8, 4) is 23.3 Å². The van der Waals surface area contributed by atoms with Crippen LogP contribution in [0.15, 0.2) is 48.0 Å². The summed E-state index contributed by atoms with van der Waals surface area (Å²) in [6, 6.07) is 14.9. The molecule has 0 fully saturated rings. The third-order valence-electron chi connectivity index (χ3n) is 4.55. The molecule has 0 unspecified atom stereocenters. The molecule has 0 atom stereocenters. The van der Waals surface area contributed by atoms with Crippen molar-refractivity contribution in [2.75, 3.05) is 25.6 Å². The van der Waals surface area contributed by atoms with Crippen molar-refractivity contribution in [2.24, 2.45) is 0 Å². The minimum atomic E-state index is -0.552. The molecule has 2 aromatic carbocycles. The van der Waals surface area contributed by atoms with Gasteiger partial charge in [-0.1, -0.05) is 42.5 Å². The second-order valence-electron chi connectivity index (χ2n) is 6.85. The number of aromatic nitrogens is 2. The number of carbonyl (C=O) groups is 1. The monoisotopic (exact) mass is 464 g/mol. The molecule has 3 rings (SSSR count). The van der Waals surface area contributed by atoms with Crippen molar-refractivity contribution >= 4 is 28.5 Å². The van der Waals surface area contributed by atoms with Gasteiger partial charge in [-0.25, -0.2) is 0 Å². The molecule has 0 aliphatic heterocycles. The first-order valence-electron chi connectivity index (χ1n) is 10.3. The van der Waals surface area contributed by atoms with Gasteiger partial charge in [0, 0.05) is 0 Å². The molecule has 8 nitrogen and oxygen atoms in total. The zero-order chi connectivity index (χ0) is 23.6. The highest BCUT2D eigenvalue weighted by Gasteiger charge is 2.13. The van der Waals surface area contributed by atoms with Gasteiger partial charge in [-0.2, -0.15) is 5.26 Å². The van der Waals surface area contributed by atoms with Gasteiger partial charge in [0.25, 0.3) is 5.91 Å². The highest BCUT2D eigenvalue weighted by Crippen LogP contribution is 2.29. The highest BCUT2D eigenvalue weighted by molar-refractivity contribution is 7.15. The highest BCUT2D eigenvalue weighted by atomic mass is 32.1. The number of nitriles is 1. The largest absolute Gasteiger partial charge is 0.493 e. The molecule has 0 radical (unpaired) electrons. The van der Waals surface area contributed by atoms with Crippen molar-refractivity contribution < 1.29 is 19.0 Å². The number of hydrogen-bond acceptors (Lipinski definition) is 8. The van der Waals surface area contributed by atoms with E-state index in [1.807, 2.05) is 44.2 Å². The van der Waals surface area contributed by atoms with Gasteiger partial charge >= 0.3 is 0 Å². The Morgan fingerprint density at radius 3 is 2.55 bits per heavy atom. The van der Waals surface area contributed by atoms with E-state index in [-0.39, 0.29) is 5.57 Å². The fourth-order valence-electron chi connectivity index (χ4n) is 2.84. The van der Waals surface area contributed by atoms with Gasteiger partial charge in [-0.15, -0.1) is 10.2 Å². The lowest BCUT2D eigenvalue weighted by molar-refractivity contribution is -0.112. The molecular weight excluding hydrogens is 440 g/mol. The summed E-state index contributed by atoms with van der Waals surface area (Å²) in [5, 5.41) is 21.1. The molecule has 1 N–H and O–H groups in total. The van der Waals surface area contributed by atoms with Crippen LogP contribution in [0.2, 0.25) is 0 Å². The maximum absolute atomic E-state index is 12.4. The topological polar surface area (TPSA) is 106 Å². The van der Waals surface area contributed by atoms with Crippen LogP contribution in [-0.2, 0) is 11.2 Å². The number of anilines is 1. The Labute approximate surface area is 196 Å². The summed E-state index contributed by atoms with van der Waals surface area (Å²) in [7, 11) is 1.53. The number of rotatable bonds is 10.